The summed E-state index contributed by atoms with van der Waals surface area (Å²) in [6, 6.07) is -0.558. The fraction of sp³-hybridized carbons (Fsp3) is 0.898. The van der Waals surface area contributed by atoms with Crippen LogP contribution in [0.3, 0.4) is 0 Å². The second kappa shape index (κ2) is 54.9. The molecular formula is C59H113NO5. The van der Waals surface area contributed by atoms with Gasteiger partial charge in [-0.2, -0.15) is 0 Å². The van der Waals surface area contributed by atoms with Crippen molar-refractivity contribution in [1.29, 1.82) is 0 Å². The number of rotatable bonds is 54. The van der Waals surface area contributed by atoms with E-state index in [-0.39, 0.29) is 18.5 Å². The van der Waals surface area contributed by atoms with Crippen LogP contribution in [0.15, 0.2) is 24.3 Å². The molecule has 6 heteroatoms. The van der Waals surface area contributed by atoms with Gasteiger partial charge >= 0.3 is 5.97 Å². The predicted octanol–water partition coefficient (Wildman–Crippen LogP) is 17.9. The van der Waals surface area contributed by atoms with Gasteiger partial charge in [0.15, 0.2) is 0 Å². The number of esters is 1. The summed E-state index contributed by atoms with van der Waals surface area (Å²) in [5.74, 6) is -0.0738. The lowest BCUT2D eigenvalue weighted by Crippen LogP contribution is -2.45. The molecule has 0 bridgehead atoms. The van der Waals surface area contributed by atoms with Gasteiger partial charge in [0.1, 0.15) is 0 Å². The summed E-state index contributed by atoms with van der Waals surface area (Å²) >= 11 is 0. The van der Waals surface area contributed by atoms with Gasteiger partial charge < -0.3 is 20.3 Å². The number of hydrogen-bond acceptors (Lipinski definition) is 5. The van der Waals surface area contributed by atoms with Gasteiger partial charge in [0.2, 0.25) is 5.91 Å². The van der Waals surface area contributed by atoms with E-state index in [4.69, 9.17) is 4.74 Å². The highest BCUT2D eigenvalue weighted by molar-refractivity contribution is 5.76. The molecule has 1 amide bonds. The lowest BCUT2D eigenvalue weighted by Gasteiger charge is -2.22. The van der Waals surface area contributed by atoms with Crippen LogP contribution in [0, 0.1) is 0 Å². The van der Waals surface area contributed by atoms with Crippen LogP contribution in [0.2, 0.25) is 0 Å². The van der Waals surface area contributed by atoms with Gasteiger partial charge in [-0.25, -0.2) is 0 Å². The van der Waals surface area contributed by atoms with Crippen molar-refractivity contribution < 1.29 is 24.5 Å². The van der Waals surface area contributed by atoms with E-state index in [2.05, 4.69) is 43.5 Å². The topological polar surface area (TPSA) is 95.9 Å². The van der Waals surface area contributed by atoms with E-state index in [0.29, 0.717) is 25.9 Å². The Kier molecular flexibility index (Phi) is 53.5. The van der Waals surface area contributed by atoms with E-state index in [1.54, 1.807) is 0 Å². The number of hydrogen-bond donors (Lipinski definition) is 3. The lowest BCUT2D eigenvalue weighted by atomic mass is 10.0. The molecular weight excluding hydrogens is 803 g/mol. The van der Waals surface area contributed by atoms with Gasteiger partial charge in [-0.1, -0.05) is 269 Å². The van der Waals surface area contributed by atoms with Gasteiger partial charge in [-0.05, 0) is 57.8 Å². The van der Waals surface area contributed by atoms with Crippen molar-refractivity contribution in [1.82, 2.24) is 5.32 Å². The van der Waals surface area contributed by atoms with Crippen LogP contribution in [0.25, 0.3) is 0 Å². The zero-order chi connectivity index (χ0) is 47.2. The molecule has 0 rings (SSSR count). The summed E-state index contributed by atoms with van der Waals surface area (Å²) in [7, 11) is 0. The molecule has 65 heavy (non-hydrogen) atoms. The van der Waals surface area contributed by atoms with Crippen LogP contribution in [0.1, 0.15) is 316 Å². The summed E-state index contributed by atoms with van der Waals surface area (Å²) < 4.78 is 5.45. The number of carbonyl (C=O) groups is 2. The average Bonchev–Trinajstić information content (AvgIpc) is 3.31. The molecule has 2 unspecified atom stereocenters. The Labute approximate surface area is 405 Å². The van der Waals surface area contributed by atoms with Crippen LogP contribution in [0.4, 0.5) is 0 Å². The molecule has 0 fully saturated rings. The summed E-state index contributed by atoms with van der Waals surface area (Å²) in [4.78, 5) is 24.5. The van der Waals surface area contributed by atoms with Gasteiger partial charge in [0.25, 0.3) is 0 Å². The number of carbonyl (C=O) groups excluding carboxylic acids is 2. The minimum atomic E-state index is -0.679. The fourth-order valence-electron chi connectivity index (χ4n) is 9.04. The third kappa shape index (κ3) is 51.6. The number of amides is 1. The number of aliphatic hydroxyl groups is 2. The molecule has 0 aromatic rings. The van der Waals surface area contributed by atoms with E-state index < -0.39 is 12.1 Å². The first kappa shape index (κ1) is 63.3. The normalized spacial score (nSPS) is 12.7. The quantitative estimate of drug-likeness (QED) is 0.0321. The maximum absolute atomic E-state index is 12.5. The van der Waals surface area contributed by atoms with Crippen molar-refractivity contribution in [3.05, 3.63) is 24.3 Å². The molecule has 6 nitrogen and oxygen atoms in total. The number of unbranched alkanes of at least 4 members (excludes halogenated alkanes) is 40. The summed E-state index contributed by atoms with van der Waals surface area (Å²) in [5, 5.41) is 23.3. The van der Waals surface area contributed by atoms with E-state index in [9.17, 15) is 19.8 Å². The molecule has 0 saturated heterocycles. The molecule has 0 radical (unpaired) electrons. The molecule has 0 aromatic carbocycles. The molecule has 2 atom stereocenters. The Morgan fingerprint density at radius 3 is 1.14 bits per heavy atom. The summed E-state index contributed by atoms with van der Waals surface area (Å²) in [5.41, 5.74) is 0. The van der Waals surface area contributed by atoms with Crippen LogP contribution in [-0.4, -0.2) is 47.4 Å². The molecule has 0 aliphatic rings. The first-order valence-electron chi connectivity index (χ1n) is 29.1. The van der Waals surface area contributed by atoms with Crippen molar-refractivity contribution in [2.75, 3.05) is 13.2 Å². The van der Waals surface area contributed by atoms with Crippen molar-refractivity contribution in [3.8, 4) is 0 Å². The highest BCUT2D eigenvalue weighted by Crippen LogP contribution is 2.17. The molecule has 3 N–H and O–H groups in total. The minimum absolute atomic E-state index is 0.0189. The summed E-state index contributed by atoms with van der Waals surface area (Å²) in [6.45, 7) is 4.92. The molecule has 0 saturated carbocycles. The maximum Gasteiger partial charge on any atom is 0.305 e. The smallest absolute Gasteiger partial charge is 0.305 e. The first-order chi connectivity index (χ1) is 32.0. The largest absolute Gasteiger partial charge is 0.466 e. The molecule has 0 aliphatic heterocycles. The standard InChI is InChI=1S/C59H113NO5/c1-3-5-7-9-11-13-15-17-19-20-21-22-24-27-31-35-39-43-47-51-57(62)56(55-61)60-58(63)52-48-44-40-36-32-28-25-23-26-30-34-38-42-46-50-54-65-59(64)53-49-45-41-37-33-29-18-16-14-12-10-8-6-4-2/h23,26,30,34,56-57,61-62H,3-22,24-25,27-29,31-33,35-55H2,1-2H3,(H,60,63)/b26-23-,34-30-. The highest BCUT2D eigenvalue weighted by Gasteiger charge is 2.20. The van der Waals surface area contributed by atoms with Gasteiger partial charge in [-0.15, -0.1) is 0 Å². The van der Waals surface area contributed by atoms with E-state index in [0.717, 1.165) is 77.0 Å². The Bertz CT molecular complexity index is 1010. The number of aliphatic hydroxyl groups excluding tert-OH is 2. The number of nitrogens with one attached hydrogen (secondary N) is 1. The predicted molar refractivity (Wildman–Crippen MR) is 283 cm³/mol. The van der Waals surface area contributed by atoms with Crippen LogP contribution >= 0.6 is 0 Å². The SMILES string of the molecule is CCCCCCCCCCCCCCCCCCCCCC(O)C(CO)NC(=O)CCCCCCCC/C=C\C=C/CCCCCOC(=O)CCCCCCCCCCCCCCCC. The molecule has 384 valence electrons. The maximum atomic E-state index is 12.5. The second-order valence-electron chi connectivity index (χ2n) is 20.0. The van der Waals surface area contributed by atoms with Gasteiger partial charge in [0, 0.05) is 12.8 Å². The van der Waals surface area contributed by atoms with Crippen molar-refractivity contribution in [3.63, 3.8) is 0 Å². The zero-order valence-corrected chi connectivity index (χ0v) is 43.7. The molecule has 0 heterocycles. The summed E-state index contributed by atoms with van der Waals surface area (Å²) in [6.07, 6.45) is 66.0. The molecule has 0 aromatic heterocycles. The first-order valence-corrected chi connectivity index (χ1v) is 29.1. The van der Waals surface area contributed by atoms with E-state index in [1.165, 1.54) is 205 Å². The second-order valence-corrected chi connectivity index (χ2v) is 20.0. The fourth-order valence-corrected chi connectivity index (χ4v) is 9.04. The lowest BCUT2D eigenvalue weighted by molar-refractivity contribution is -0.143. The molecule has 0 aliphatic carbocycles. The third-order valence-corrected chi connectivity index (χ3v) is 13.5. The van der Waals surface area contributed by atoms with Gasteiger partial charge in [-0.3, -0.25) is 9.59 Å². The average molecular weight is 917 g/mol. The Balaban J connectivity index is 3.51. The van der Waals surface area contributed by atoms with Crippen molar-refractivity contribution in [2.45, 2.75) is 328 Å². The third-order valence-electron chi connectivity index (χ3n) is 13.5. The highest BCUT2D eigenvalue weighted by atomic mass is 16.5. The Hall–Kier alpha value is -1.66. The zero-order valence-electron chi connectivity index (χ0n) is 43.7. The van der Waals surface area contributed by atoms with Crippen LogP contribution in [0.5, 0.6) is 0 Å². The Morgan fingerprint density at radius 2 is 0.754 bits per heavy atom. The van der Waals surface area contributed by atoms with E-state index >= 15 is 0 Å². The van der Waals surface area contributed by atoms with Crippen molar-refractivity contribution in [2.24, 2.45) is 0 Å². The van der Waals surface area contributed by atoms with Crippen LogP contribution in [-0.2, 0) is 14.3 Å². The van der Waals surface area contributed by atoms with Gasteiger partial charge in [0.05, 0.1) is 25.4 Å². The van der Waals surface area contributed by atoms with Crippen molar-refractivity contribution >= 4 is 11.9 Å². The van der Waals surface area contributed by atoms with Crippen LogP contribution < -0.4 is 5.32 Å². The van der Waals surface area contributed by atoms with E-state index in [1.807, 2.05) is 0 Å². The number of allylic oxidation sites excluding steroid dienone is 4. The minimum Gasteiger partial charge on any atom is -0.466 e. The Morgan fingerprint density at radius 1 is 0.431 bits per heavy atom. The molecule has 0 spiro atoms. The number of ether oxygens (including phenoxy) is 1. The monoisotopic (exact) mass is 916 g/mol.